The fraction of sp³-hybridized carbons (Fsp3) is 1.00. The standard InChI is InChI=1S/C10H24N2O/c1-4-10(11)6-5-7-12(2)8-9-13-3/h10H,4-9,11H2,1-3H3. The molecule has 3 heteroatoms. The molecule has 0 aliphatic rings. The van der Waals surface area contributed by atoms with E-state index in [0.717, 1.165) is 32.5 Å². The Labute approximate surface area is 82.2 Å². The average molecular weight is 188 g/mol. The molecule has 0 spiro atoms. The van der Waals surface area contributed by atoms with Crippen LogP contribution in [0.4, 0.5) is 0 Å². The molecule has 2 N–H and O–H groups in total. The summed E-state index contributed by atoms with van der Waals surface area (Å²) in [5.74, 6) is 0. The van der Waals surface area contributed by atoms with Crippen molar-refractivity contribution >= 4 is 0 Å². The van der Waals surface area contributed by atoms with Crippen molar-refractivity contribution in [2.24, 2.45) is 5.73 Å². The van der Waals surface area contributed by atoms with Gasteiger partial charge >= 0.3 is 0 Å². The molecule has 0 aliphatic carbocycles. The number of likely N-dealkylation sites (N-methyl/N-ethyl adjacent to an activating group) is 1. The molecule has 0 fully saturated rings. The smallest absolute Gasteiger partial charge is 0.0589 e. The molecule has 0 aromatic rings. The Morgan fingerprint density at radius 3 is 2.62 bits per heavy atom. The molecule has 0 amide bonds. The van der Waals surface area contributed by atoms with E-state index in [0.29, 0.717) is 6.04 Å². The van der Waals surface area contributed by atoms with Crippen molar-refractivity contribution in [3.05, 3.63) is 0 Å². The lowest BCUT2D eigenvalue weighted by atomic mass is 10.1. The third kappa shape index (κ3) is 8.22. The molecule has 0 radical (unpaired) electrons. The third-order valence-corrected chi connectivity index (χ3v) is 2.32. The van der Waals surface area contributed by atoms with Crippen LogP contribution in [0.15, 0.2) is 0 Å². The van der Waals surface area contributed by atoms with Gasteiger partial charge in [-0.1, -0.05) is 6.92 Å². The molecular formula is C10H24N2O. The SMILES string of the molecule is CCC(N)CCCN(C)CCOC. The monoisotopic (exact) mass is 188 g/mol. The van der Waals surface area contributed by atoms with Gasteiger partial charge in [0.05, 0.1) is 6.61 Å². The van der Waals surface area contributed by atoms with Crippen LogP contribution in [-0.2, 0) is 4.74 Å². The van der Waals surface area contributed by atoms with Crippen molar-refractivity contribution < 1.29 is 4.74 Å². The van der Waals surface area contributed by atoms with E-state index in [4.69, 9.17) is 10.5 Å². The Kier molecular flexibility index (Phi) is 8.40. The maximum absolute atomic E-state index is 5.82. The van der Waals surface area contributed by atoms with Crippen molar-refractivity contribution in [3.63, 3.8) is 0 Å². The summed E-state index contributed by atoms with van der Waals surface area (Å²) in [4.78, 5) is 2.28. The second-order valence-corrected chi connectivity index (χ2v) is 3.61. The number of nitrogens with zero attached hydrogens (tertiary/aromatic N) is 1. The van der Waals surface area contributed by atoms with Crippen LogP contribution in [0.5, 0.6) is 0 Å². The molecule has 0 bridgehead atoms. The van der Waals surface area contributed by atoms with Crippen LogP contribution < -0.4 is 5.73 Å². The maximum atomic E-state index is 5.82. The topological polar surface area (TPSA) is 38.5 Å². The van der Waals surface area contributed by atoms with Crippen LogP contribution in [0.1, 0.15) is 26.2 Å². The highest BCUT2D eigenvalue weighted by Crippen LogP contribution is 1.99. The fourth-order valence-electron chi connectivity index (χ4n) is 1.19. The number of methoxy groups -OCH3 is 1. The van der Waals surface area contributed by atoms with E-state index < -0.39 is 0 Å². The molecule has 0 heterocycles. The summed E-state index contributed by atoms with van der Waals surface area (Å²) in [5.41, 5.74) is 5.82. The van der Waals surface area contributed by atoms with E-state index in [2.05, 4.69) is 18.9 Å². The Morgan fingerprint density at radius 2 is 2.08 bits per heavy atom. The lowest BCUT2D eigenvalue weighted by Gasteiger charge is -2.16. The highest BCUT2D eigenvalue weighted by atomic mass is 16.5. The van der Waals surface area contributed by atoms with Gasteiger partial charge in [0.15, 0.2) is 0 Å². The Hall–Kier alpha value is -0.120. The summed E-state index contributed by atoms with van der Waals surface area (Å²) in [7, 11) is 3.86. The number of ether oxygens (including phenoxy) is 1. The van der Waals surface area contributed by atoms with E-state index in [1.165, 1.54) is 6.42 Å². The molecule has 13 heavy (non-hydrogen) atoms. The predicted octanol–water partition coefficient (Wildman–Crippen LogP) is 1.08. The lowest BCUT2D eigenvalue weighted by molar-refractivity contribution is 0.160. The summed E-state index contributed by atoms with van der Waals surface area (Å²) in [6, 6.07) is 0.385. The molecule has 80 valence electrons. The Morgan fingerprint density at radius 1 is 1.38 bits per heavy atom. The zero-order valence-electron chi connectivity index (χ0n) is 9.25. The van der Waals surface area contributed by atoms with E-state index in [-0.39, 0.29) is 0 Å². The van der Waals surface area contributed by atoms with Gasteiger partial charge in [-0.2, -0.15) is 0 Å². The largest absolute Gasteiger partial charge is 0.383 e. The summed E-state index contributed by atoms with van der Waals surface area (Å²) in [6.45, 7) is 5.09. The van der Waals surface area contributed by atoms with Crippen LogP contribution in [0, 0.1) is 0 Å². The van der Waals surface area contributed by atoms with E-state index >= 15 is 0 Å². The minimum Gasteiger partial charge on any atom is -0.383 e. The summed E-state index contributed by atoms with van der Waals surface area (Å²) in [6.07, 6.45) is 3.41. The van der Waals surface area contributed by atoms with Gasteiger partial charge < -0.3 is 15.4 Å². The quantitative estimate of drug-likeness (QED) is 0.619. The number of rotatable bonds is 8. The minimum absolute atomic E-state index is 0.385. The normalized spacial score (nSPS) is 13.6. The molecule has 1 atom stereocenters. The molecule has 0 saturated heterocycles. The van der Waals surface area contributed by atoms with Crippen LogP contribution in [0.2, 0.25) is 0 Å². The second-order valence-electron chi connectivity index (χ2n) is 3.61. The van der Waals surface area contributed by atoms with Crippen molar-refractivity contribution in [1.29, 1.82) is 0 Å². The molecule has 0 aromatic heterocycles. The number of hydrogen-bond donors (Lipinski definition) is 1. The van der Waals surface area contributed by atoms with Gasteiger partial charge in [0.2, 0.25) is 0 Å². The van der Waals surface area contributed by atoms with Gasteiger partial charge in [-0.3, -0.25) is 0 Å². The van der Waals surface area contributed by atoms with Crippen molar-refractivity contribution in [1.82, 2.24) is 4.90 Å². The third-order valence-electron chi connectivity index (χ3n) is 2.32. The van der Waals surface area contributed by atoms with Crippen molar-refractivity contribution in [3.8, 4) is 0 Å². The van der Waals surface area contributed by atoms with Crippen molar-refractivity contribution in [2.45, 2.75) is 32.2 Å². The Bertz CT molecular complexity index is 109. The van der Waals surface area contributed by atoms with Gasteiger partial charge in [-0.25, -0.2) is 0 Å². The molecule has 0 rings (SSSR count). The molecule has 3 nitrogen and oxygen atoms in total. The van der Waals surface area contributed by atoms with Gasteiger partial charge in [0.25, 0.3) is 0 Å². The van der Waals surface area contributed by atoms with E-state index in [1.54, 1.807) is 7.11 Å². The summed E-state index contributed by atoms with van der Waals surface area (Å²) in [5, 5.41) is 0. The number of nitrogens with two attached hydrogens (primary N) is 1. The van der Waals surface area contributed by atoms with Crippen LogP contribution in [-0.4, -0.2) is 44.8 Å². The van der Waals surface area contributed by atoms with Gasteiger partial charge in [0, 0.05) is 19.7 Å². The molecule has 0 saturated carbocycles. The first-order chi connectivity index (χ1) is 6.20. The van der Waals surface area contributed by atoms with E-state index in [1.807, 2.05) is 0 Å². The molecular weight excluding hydrogens is 164 g/mol. The highest BCUT2D eigenvalue weighted by Gasteiger charge is 2.01. The van der Waals surface area contributed by atoms with Gasteiger partial charge in [-0.05, 0) is 32.9 Å². The molecule has 1 unspecified atom stereocenters. The Balaban J connectivity index is 3.21. The average Bonchev–Trinajstić information content (AvgIpc) is 2.14. The minimum atomic E-state index is 0.385. The lowest BCUT2D eigenvalue weighted by Crippen LogP contribution is -2.26. The first-order valence-corrected chi connectivity index (χ1v) is 5.13. The number of hydrogen-bond acceptors (Lipinski definition) is 3. The first kappa shape index (κ1) is 12.9. The van der Waals surface area contributed by atoms with Gasteiger partial charge in [0.1, 0.15) is 0 Å². The predicted molar refractivity (Wildman–Crippen MR) is 56.9 cm³/mol. The van der Waals surface area contributed by atoms with E-state index in [9.17, 15) is 0 Å². The maximum Gasteiger partial charge on any atom is 0.0589 e. The van der Waals surface area contributed by atoms with Gasteiger partial charge in [-0.15, -0.1) is 0 Å². The zero-order chi connectivity index (χ0) is 10.1. The molecule has 0 aromatic carbocycles. The summed E-state index contributed by atoms with van der Waals surface area (Å²) >= 11 is 0. The van der Waals surface area contributed by atoms with Crippen LogP contribution in [0.3, 0.4) is 0 Å². The van der Waals surface area contributed by atoms with Crippen LogP contribution >= 0.6 is 0 Å². The summed E-state index contributed by atoms with van der Waals surface area (Å²) < 4.78 is 4.99. The first-order valence-electron chi connectivity index (χ1n) is 5.13. The van der Waals surface area contributed by atoms with Crippen molar-refractivity contribution in [2.75, 3.05) is 33.9 Å². The fourth-order valence-corrected chi connectivity index (χ4v) is 1.19. The zero-order valence-corrected chi connectivity index (χ0v) is 9.25. The molecule has 0 aliphatic heterocycles. The second kappa shape index (κ2) is 8.48. The van der Waals surface area contributed by atoms with Crippen LogP contribution in [0.25, 0.3) is 0 Å². The highest BCUT2D eigenvalue weighted by molar-refractivity contribution is 4.60.